The maximum Gasteiger partial charge on any atom is 0.342 e. The first-order valence-corrected chi connectivity index (χ1v) is 10.8. The Morgan fingerprint density at radius 2 is 1.90 bits per heavy atom. The summed E-state index contributed by atoms with van der Waals surface area (Å²) in [5.41, 5.74) is 2.33. The van der Waals surface area contributed by atoms with Crippen LogP contribution < -0.4 is 0 Å². The number of fused-ring (bicyclic) bond motifs is 3. The van der Waals surface area contributed by atoms with Crippen molar-refractivity contribution in [3.63, 3.8) is 0 Å². The van der Waals surface area contributed by atoms with Gasteiger partial charge in [-0.3, -0.25) is 4.90 Å². The predicted octanol–water partition coefficient (Wildman–Crippen LogP) is 2.82. The fourth-order valence-corrected chi connectivity index (χ4v) is 4.43. The molecule has 8 nitrogen and oxygen atoms in total. The zero-order chi connectivity index (χ0) is 22.3. The third-order valence-corrected chi connectivity index (χ3v) is 5.95. The molecular formula is C23H31N5O3. The summed E-state index contributed by atoms with van der Waals surface area (Å²) in [6.07, 6.45) is 3.12. The number of hydrogen-bond acceptors (Lipinski definition) is 5. The van der Waals surface area contributed by atoms with Gasteiger partial charge in [0.15, 0.2) is 0 Å². The molecule has 1 N–H and O–H groups in total. The van der Waals surface area contributed by atoms with Gasteiger partial charge in [-0.05, 0) is 38.6 Å². The fraction of sp³-hybridized carbons (Fsp3) is 0.522. The molecule has 4 heterocycles. The number of aromatic amines is 1. The van der Waals surface area contributed by atoms with Crippen LogP contribution >= 0.6 is 0 Å². The molecule has 0 bridgehead atoms. The zero-order valence-corrected chi connectivity index (χ0v) is 18.9. The molecule has 1 saturated heterocycles. The number of esters is 1. The molecule has 1 fully saturated rings. The lowest BCUT2D eigenvalue weighted by molar-refractivity contribution is -0.140. The van der Waals surface area contributed by atoms with Crippen molar-refractivity contribution in [1.29, 1.82) is 0 Å². The summed E-state index contributed by atoms with van der Waals surface area (Å²) in [6.45, 7) is 11.3. The van der Waals surface area contributed by atoms with Gasteiger partial charge in [0, 0.05) is 55.9 Å². The van der Waals surface area contributed by atoms with Crippen molar-refractivity contribution < 1.29 is 14.3 Å². The molecule has 2 aromatic rings. The highest BCUT2D eigenvalue weighted by atomic mass is 16.5. The standard InChI is InChI=1S/C23H31N5O3/c1-15(2)31-21(29)17-13-28(22(30)27-11-9-26(5)10-12-27)14-23(3,4)18-16-7-6-8-24-20(16)25-19(17)18/h6-8,13,15H,9-12,14H2,1-5H3,(H,24,25). The second-order valence-corrected chi connectivity index (χ2v) is 9.36. The molecular weight excluding hydrogens is 394 g/mol. The summed E-state index contributed by atoms with van der Waals surface area (Å²) >= 11 is 0. The lowest BCUT2D eigenvalue weighted by Gasteiger charge is -2.37. The van der Waals surface area contributed by atoms with E-state index in [-0.39, 0.29) is 12.1 Å². The maximum absolute atomic E-state index is 13.4. The number of urea groups is 1. The van der Waals surface area contributed by atoms with Gasteiger partial charge in [0.05, 0.1) is 17.4 Å². The van der Waals surface area contributed by atoms with Crippen LogP contribution in [-0.4, -0.2) is 82.5 Å². The SMILES string of the molecule is CC(C)OC(=O)C1=CN(C(=O)N2CCN(C)CC2)CC(C)(C)c2c1[nH]c1ncccc21. The van der Waals surface area contributed by atoms with Gasteiger partial charge >= 0.3 is 12.0 Å². The number of carbonyl (C=O) groups excluding carboxylic acids is 2. The molecule has 2 aromatic heterocycles. The first kappa shape index (κ1) is 21.4. The molecule has 2 amide bonds. The summed E-state index contributed by atoms with van der Waals surface area (Å²) in [5, 5.41) is 0.958. The first-order valence-electron chi connectivity index (χ1n) is 10.8. The molecule has 4 rings (SSSR count). The number of hydrogen-bond donors (Lipinski definition) is 1. The minimum atomic E-state index is -0.448. The van der Waals surface area contributed by atoms with E-state index in [9.17, 15) is 9.59 Å². The highest BCUT2D eigenvalue weighted by molar-refractivity contribution is 6.18. The number of nitrogens with one attached hydrogen (secondary N) is 1. The van der Waals surface area contributed by atoms with Gasteiger partial charge in [-0.15, -0.1) is 0 Å². The van der Waals surface area contributed by atoms with Crippen LogP contribution in [0.3, 0.4) is 0 Å². The van der Waals surface area contributed by atoms with Gasteiger partial charge < -0.3 is 19.5 Å². The second-order valence-electron chi connectivity index (χ2n) is 9.36. The van der Waals surface area contributed by atoms with Crippen molar-refractivity contribution in [3.05, 3.63) is 35.8 Å². The van der Waals surface area contributed by atoms with E-state index < -0.39 is 11.4 Å². The van der Waals surface area contributed by atoms with Gasteiger partial charge in [-0.25, -0.2) is 14.6 Å². The number of amides is 2. The lowest BCUT2D eigenvalue weighted by Crippen LogP contribution is -2.52. The van der Waals surface area contributed by atoms with Crippen LogP contribution in [0.15, 0.2) is 24.5 Å². The fourth-order valence-electron chi connectivity index (χ4n) is 4.43. The normalized spacial score (nSPS) is 19.2. The largest absolute Gasteiger partial charge is 0.459 e. The van der Waals surface area contributed by atoms with Crippen LogP contribution in [0.4, 0.5) is 4.79 Å². The molecule has 0 atom stereocenters. The lowest BCUT2D eigenvalue weighted by atomic mass is 9.82. The van der Waals surface area contributed by atoms with E-state index in [0.29, 0.717) is 30.9 Å². The minimum absolute atomic E-state index is 0.0800. The zero-order valence-electron chi connectivity index (χ0n) is 18.9. The Labute approximate surface area is 182 Å². The molecule has 0 aliphatic carbocycles. The Balaban J connectivity index is 1.80. The number of piperazine rings is 1. The third kappa shape index (κ3) is 4.04. The Kier molecular flexibility index (Phi) is 5.51. The molecule has 0 unspecified atom stereocenters. The highest BCUT2D eigenvalue weighted by Crippen LogP contribution is 2.40. The van der Waals surface area contributed by atoms with Crippen molar-refractivity contribution in [1.82, 2.24) is 24.7 Å². The van der Waals surface area contributed by atoms with Crippen molar-refractivity contribution in [3.8, 4) is 0 Å². The van der Waals surface area contributed by atoms with E-state index in [0.717, 1.165) is 29.7 Å². The Hall–Kier alpha value is -2.87. The quantitative estimate of drug-likeness (QED) is 0.749. The van der Waals surface area contributed by atoms with E-state index in [1.165, 1.54) is 0 Å². The van der Waals surface area contributed by atoms with Crippen LogP contribution in [0.2, 0.25) is 0 Å². The number of pyridine rings is 1. The van der Waals surface area contributed by atoms with Gasteiger partial charge in [0.1, 0.15) is 5.65 Å². The summed E-state index contributed by atoms with van der Waals surface area (Å²) in [4.78, 5) is 40.1. The van der Waals surface area contributed by atoms with Gasteiger partial charge in [-0.2, -0.15) is 0 Å². The van der Waals surface area contributed by atoms with Crippen LogP contribution in [-0.2, 0) is 14.9 Å². The molecule has 0 saturated carbocycles. The number of H-pyrrole nitrogens is 1. The highest BCUT2D eigenvalue weighted by Gasteiger charge is 2.38. The summed E-state index contributed by atoms with van der Waals surface area (Å²) in [6, 6.07) is 3.81. The Morgan fingerprint density at radius 1 is 1.19 bits per heavy atom. The van der Waals surface area contributed by atoms with E-state index >= 15 is 0 Å². The molecule has 0 aromatic carbocycles. The van der Waals surface area contributed by atoms with Crippen molar-refractivity contribution in [2.75, 3.05) is 39.8 Å². The van der Waals surface area contributed by atoms with E-state index in [1.54, 1.807) is 17.3 Å². The van der Waals surface area contributed by atoms with E-state index in [4.69, 9.17) is 4.74 Å². The van der Waals surface area contributed by atoms with Crippen LogP contribution in [0.5, 0.6) is 0 Å². The first-order chi connectivity index (χ1) is 14.7. The topological polar surface area (TPSA) is 81.8 Å². The molecule has 2 aliphatic heterocycles. The van der Waals surface area contributed by atoms with Crippen LogP contribution in [0, 0.1) is 0 Å². The van der Waals surface area contributed by atoms with E-state index in [1.807, 2.05) is 30.9 Å². The van der Waals surface area contributed by atoms with Gasteiger partial charge in [0.25, 0.3) is 0 Å². The number of likely N-dealkylation sites (N-methyl/N-ethyl adjacent to an activating group) is 1. The van der Waals surface area contributed by atoms with Crippen LogP contribution in [0.25, 0.3) is 16.6 Å². The van der Waals surface area contributed by atoms with Gasteiger partial charge in [-0.1, -0.05) is 13.8 Å². The third-order valence-electron chi connectivity index (χ3n) is 5.95. The Morgan fingerprint density at radius 3 is 2.58 bits per heavy atom. The molecule has 0 spiro atoms. The average molecular weight is 426 g/mol. The van der Waals surface area contributed by atoms with Crippen molar-refractivity contribution in [2.45, 2.75) is 39.2 Å². The van der Waals surface area contributed by atoms with Gasteiger partial charge in [0.2, 0.25) is 0 Å². The van der Waals surface area contributed by atoms with E-state index in [2.05, 4.69) is 35.8 Å². The number of rotatable bonds is 2. The molecule has 166 valence electrons. The number of carbonyl (C=O) groups is 2. The average Bonchev–Trinajstić information content (AvgIpc) is 3.05. The monoisotopic (exact) mass is 425 g/mol. The molecule has 8 heteroatoms. The van der Waals surface area contributed by atoms with Crippen LogP contribution in [0.1, 0.15) is 39.0 Å². The molecule has 2 aliphatic rings. The van der Waals surface area contributed by atoms with Crippen molar-refractivity contribution in [2.24, 2.45) is 0 Å². The Bertz CT molecular complexity index is 1030. The summed E-state index contributed by atoms with van der Waals surface area (Å²) in [5.74, 6) is -0.448. The number of nitrogens with zero attached hydrogens (tertiary/aromatic N) is 4. The molecule has 0 radical (unpaired) electrons. The number of aromatic nitrogens is 2. The van der Waals surface area contributed by atoms with Crippen molar-refractivity contribution >= 4 is 28.6 Å². The summed E-state index contributed by atoms with van der Waals surface area (Å²) < 4.78 is 5.55. The second kappa shape index (κ2) is 8.00. The smallest absolute Gasteiger partial charge is 0.342 e. The predicted molar refractivity (Wildman–Crippen MR) is 119 cm³/mol. The number of ether oxygens (including phenoxy) is 1. The minimum Gasteiger partial charge on any atom is -0.459 e. The maximum atomic E-state index is 13.4. The summed E-state index contributed by atoms with van der Waals surface area (Å²) in [7, 11) is 2.06. The molecule has 31 heavy (non-hydrogen) atoms.